The van der Waals surface area contributed by atoms with Gasteiger partial charge in [0.25, 0.3) is 0 Å². The highest BCUT2D eigenvalue weighted by Gasteiger charge is 2.41. The molecule has 0 bridgehead atoms. The fraction of sp³-hybridized carbons (Fsp3) is 0.636. The molecule has 1 heterocycles. The molecule has 1 atom stereocenters. The average molecular weight is 359 g/mol. The van der Waals surface area contributed by atoms with E-state index in [0.29, 0.717) is 0 Å². The molecule has 2 rings (SSSR count). The van der Waals surface area contributed by atoms with Crippen molar-refractivity contribution in [2.24, 2.45) is 5.41 Å². The Morgan fingerprint density at radius 1 is 1.08 bits per heavy atom. The summed E-state index contributed by atoms with van der Waals surface area (Å²) in [6.45, 7) is 12.8. The van der Waals surface area contributed by atoms with E-state index in [2.05, 4.69) is 33.0 Å². The van der Waals surface area contributed by atoms with Gasteiger partial charge in [0, 0.05) is 18.3 Å². The molecule has 4 nitrogen and oxygen atoms in total. The van der Waals surface area contributed by atoms with Crippen molar-refractivity contribution in [3.63, 3.8) is 0 Å². The molecule has 144 valence electrons. The first-order valence-electron chi connectivity index (χ1n) is 9.80. The molecule has 4 heteroatoms. The standard InChI is InChI=1S/C22H34N2O2/c1-7-18-10-8-9-15-24(18)20(26)22(5,6)19(25)23-17-13-11-16(12-14-17)21(2,3)4/h11-14,18H,7-10,15H2,1-6H3,(H,23,25). The van der Waals surface area contributed by atoms with E-state index >= 15 is 0 Å². The van der Waals surface area contributed by atoms with Crippen molar-refractivity contribution in [2.45, 2.75) is 78.7 Å². The third-order valence-corrected chi connectivity index (χ3v) is 5.47. The summed E-state index contributed by atoms with van der Waals surface area (Å²) in [6.07, 6.45) is 4.16. The lowest BCUT2D eigenvalue weighted by Gasteiger charge is -2.39. The number of rotatable bonds is 4. The molecular weight excluding hydrogens is 324 g/mol. The largest absolute Gasteiger partial charge is 0.339 e. The zero-order valence-electron chi connectivity index (χ0n) is 17.2. The number of hydrogen-bond acceptors (Lipinski definition) is 2. The molecule has 1 aliphatic heterocycles. The van der Waals surface area contributed by atoms with Crippen molar-refractivity contribution in [3.8, 4) is 0 Å². The smallest absolute Gasteiger partial charge is 0.239 e. The summed E-state index contributed by atoms with van der Waals surface area (Å²) in [7, 11) is 0. The summed E-state index contributed by atoms with van der Waals surface area (Å²) in [5.74, 6) is -0.306. The van der Waals surface area contributed by atoms with Gasteiger partial charge >= 0.3 is 0 Å². The molecule has 0 spiro atoms. The number of carbonyl (C=O) groups is 2. The van der Waals surface area contributed by atoms with Crippen molar-refractivity contribution < 1.29 is 9.59 Å². The maximum Gasteiger partial charge on any atom is 0.239 e. The van der Waals surface area contributed by atoms with Gasteiger partial charge in [0.1, 0.15) is 5.41 Å². The van der Waals surface area contributed by atoms with Gasteiger partial charge in [0.15, 0.2) is 0 Å². The Balaban J connectivity index is 2.10. The van der Waals surface area contributed by atoms with Gasteiger partial charge in [-0.25, -0.2) is 0 Å². The summed E-state index contributed by atoms with van der Waals surface area (Å²) < 4.78 is 0. The maximum atomic E-state index is 13.1. The van der Waals surface area contributed by atoms with E-state index in [9.17, 15) is 9.59 Å². The molecule has 1 aliphatic rings. The molecule has 2 amide bonds. The quantitative estimate of drug-likeness (QED) is 0.790. The van der Waals surface area contributed by atoms with E-state index in [0.717, 1.165) is 37.9 Å². The predicted molar refractivity (Wildman–Crippen MR) is 107 cm³/mol. The number of anilines is 1. The lowest BCUT2D eigenvalue weighted by Crippen LogP contribution is -2.52. The van der Waals surface area contributed by atoms with Gasteiger partial charge in [0.2, 0.25) is 11.8 Å². The molecule has 26 heavy (non-hydrogen) atoms. The van der Waals surface area contributed by atoms with Crippen LogP contribution in [-0.4, -0.2) is 29.3 Å². The molecule has 0 aromatic heterocycles. The monoisotopic (exact) mass is 358 g/mol. The summed E-state index contributed by atoms with van der Waals surface area (Å²) in [5.41, 5.74) is 0.939. The van der Waals surface area contributed by atoms with Crippen molar-refractivity contribution >= 4 is 17.5 Å². The summed E-state index contributed by atoms with van der Waals surface area (Å²) in [5, 5.41) is 2.93. The number of nitrogens with one attached hydrogen (secondary N) is 1. The molecule has 0 aliphatic carbocycles. The lowest BCUT2D eigenvalue weighted by molar-refractivity contribution is -0.149. The second kappa shape index (κ2) is 7.81. The number of carbonyl (C=O) groups excluding carboxylic acids is 2. The van der Waals surface area contributed by atoms with Gasteiger partial charge in [-0.05, 0) is 62.6 Å². The zero-order chi connectivity index (χ0) is 19.5. The minimum atomic E-state index is -1.08. The van der Waals surface area contributed by atoms with Crippen LogP contribution < -0.4 is 5.32 Å². The molecule has 0 radical (unpaired) electrons. The van der Waals surface area contributed by atoms with E-state index < -0.39 is 5.41 Å². The number of hydrogen-bond donors (Lipinski definition) is 1. The van der Waals surface area contributed by atoms with Gasteiger partial charge in [-0.2, -0.15) is 0 Å². The van der Waals surface area contributed by atoms with E-state index in [1.54, 1.807) is 13.8 Å². The Bertz CT molecular complexity index is 641. The van der Waals surface area contributed by atoms with Crippen LogP contribution in [0.3, 0.4) is 0 Å². The second-order valence-electron chi connectivity index (χ2n) is 8.96. The Morgan fingerprint density at radius 3 is 2.23 bits per heavy atom. The number of benzene rings is 1. The summed E-state index contributed by atoms with van der Waals surface area (Å²) in [6, 6.07) is 8.14. The Labute approximate surface area is 158 Å². The van der Waals surface area contributed by atoms with Gasteiger partial charge in [-0.3, -0.25) is 9.59 Å². The topological polar surface area (TPSA) is 49.4 Å². The fourth-order valence-electron chi connectivity index (χ4n) is 3.49. The first-order chi connectivity index (χ1) is 12.1. The SMILES string of the molecule is CCC1CCCCN1C(=O)C(C)(C)C(=O)Nc1ccc(C(C)(C)C)cc1. The number of nitrogens with zero attached hydrogens (tertiary/aromatic N) is 1. The first-order valence-corrected chi connectivity index (χ1v) is 9.80. The minimum Gasteiger partial charge on any atom is -0.339 e. The third kappa shape index (κ3) is 4.46. The van der Waals surface area contributed by atoms with Crippen LogP contribution in [0, 0.1) is 5.41 Å². The molecule has 0 saturated carbocycles. The van der Waals surface area contributed by atoms with Gasteiger partial charge in [-0.1, -0.05) is 39.8 Å². The number of likely N-dealkylation sites (tertiary alicyclic amines) is 1. The first kappa shape index (κ1) is 20.5. The molecular formula is C22H34N2O2. The summed E-state index contributed by atoms with van der Waals surface area (Å²) in [4.78, 5) is 27.8. The van der Waals surface area contributed by atoms with Crippen molar-refractivity contribution in [3.05, 3.63) is 29.8 Å². The van der Waals surface area contributed by atoms with Crippen LogP contribution in [0.25, 0.3) is 0 Å². The van der Waals surface area contributed by atoms with E-state index in [1.165, 1.54) is 5.56 Å². The molecule has 1 aromatic carbocycles. The van der Waals surface area contributed by atoms with Gasteiger partial charge < -0.3 is 10.2 Å². The molecule has 1 unspecified atom stereocenters. The maximum absolute atomic E-state index is 13.1. The van der Waals surface area contributed by atoms with Crippen LogP contribution in [0.2, 0.25) is 0 Å². The molecule has 1 fully saturated rings. The van der Waals surface area contributed by atoms with E-state index in [1.807, 2.05) is 29.2 Å². The van der Waals surface area contributed by atoms with Crippen molar-refractivity contribution in [1.82, 2.24) is 4.90 Å². The highest BCUT2D eigenvalue weighted by atomic mass is 16.2. The third-order valence-electron chi connectivity index (χ3n) is 5.47. The van der Waals surface area contributed by atoms with Gasteiger partial charge in [-0.15, -0.1) is 0 Å². The van der Waals surface area contributed by atoms with Crippen LogP contribution in [-0.2, 0) is 15.0 Å². The summed E-state index contributed by atoms with van der Waals surface area (Å²) >= 11 is 0. The Morgan fingerprint density at radius 2 is 1.69 bits per heavy atom. The van der Waals surface area contributed by atoms with E-state index in [-0.39, 0.29) is 23.3 Å². The second-order valence-corrected chi connectivity index (χ2v) is 8.96. The average Bonchev–Trinajstić information content (AvgIpc) is 2.60. The lowest BCUT2D eigenvalue weighted by atomic mass is 9.86. The van der Waals surface area contributed by atoms with E-state index in [4.69, 9.17) is 0 Å². The predicted octanol–water partition coefficient (Wildman–Crippen LogP) is 4.74. The van der Waals surface area contributed by atoms with Crippen LogP contribution in [0.5, 0.6) is 0 Å². The number of piperidine rings is 1. The fourth-order valence-corrected chi connectivity index (χ4v) is 3.49. The van der Waals surface area contributed by atoms with Crippen LogP contribution in [0.1, 0.15) is 72.8 Å². The van der Waals surface area contributed by atoms with Crippen LogP contribution in [0.15, 0.2) is 24.3 Å². The normalized spacial score (nSPS) is 18.5. The molecule has 1 aromatic rings. The molecule has 1 saturated heterocycles. The van der Waals surface area contributed by atoms with Crippen molar-refractivity contribution in [1.29, 1.82) is 0 Å². The van der Waals surface area contributed by atoms with Crippen molar-refractivity contribution in [2.75, 3.05) is 11.9 Å². The minimum absolute atomic E-state index is 0.0622. The molecule has 1 N–H and O–H groups in total. The van der Waals surface area contributed by atoms with Crippen LogP contribution >= 0.6 is 0 Å². The van der Waals surface area contributed by atoms with Crippen LogP contribution in [0.4, 0.5) is 5.69 Å². The van der Waals surface area contributed by atoms with Gasteiger partial charge in [0.05, 0.1) is 0 Å². The highest BCUT2D eigenvalue weighted by Crippen LogP contribution is 2.29. The Kier molecular flexibility index (Phi) is 6.15. The number of amides is 2. The zero-order valence-corrected chi connectivity index (χ0v) is 17.2. The Hall–Kier alpha value is -1.84. The highest BCUT2D eigenvalue weighted by molar-refractivity contribution is 6.09.